The van der Waals surface area contributed by atoms with Crippen molar-refractivity contribution in [2.45, 2.75) is 12.6 Å². The van der Waals surface area contributed by atoms with Crippen LogP contribution in [0.25, 0.3) is 0 Å². The van der Waals surface area contributed by atoms with Crippen LogP contribution in [-0.2, 0) is 6.54 Å². The van der Waals surface area contributed by atoms with Gasteiger partial charge in [-0.1, -0.05) is 36.4 Å². The molecule has 0 aliphatic rings. The summed E-state index contributed by atoms with van der Waals surface area (Å²) < 4.78 is 27.3. The summed E-state index contributed by atoms with van der Waals surface area (Å²) in [4.78, 5) is 13.6. The van der Waals surface area contributed by atoms with Crippen molar-refractivity contribution in [1.29, 1.82) is 0 Å². The first-order chi connectivity index (χ1) is 12.1. The van der Waals surface area contributed by atoms with Gasteiger partial charge in [-0.2, -0.15) is 15.0 Å². The Kier molecular flexibility index (Phi) is 4.98. The maximum Gasteiger partial charge on any atom is 0.319 e. The van der Waals surface area contributed by atoms with Crippen LogP contribution < -0.4 is 10.6 Å². The third-order valence-corrected chi connectivity index (χ3v) is 3.52. The highest BCUT2D eigenvalue weighted by Gasteiger charge is 2.18. The van der Waals surface area contributed by atoms with E-state index in [1.165, 1.54) is 23.3 Å². The number of urea groups is 1. The van der Waals surface area contributed by atoms with E-state index in [2.05, 4.69) is 20.8 Å². The van der Waals surface area contributed by atoms with Crippen LogP contribution in [0.2, 0.25) is 0 Å². The molecule has 1 unspecified atom stereocenters. The highest BCUT2D eigenvalue weighted by molar-refractivity contribution is 5.89. The van der Waals surface area contributed by atoms with Crippen LogP contribution in [0.15, 0.2) is 60.9 Å². The number of aromatic nitrogens is 3. The van der Waals surface area contributed by atoms with Crippen molar-refractivity contribution >= 4 is 11.7 Å². The summed E-state index contributed by atoms with van der Waals surface area (Å²) in [7, 11) is 0. The van der Waals surface area contributed by atoms with Crippen LogP contribution in [0, 0.1) is 11.6 Å². The smallest absolute Gasteiger partial charge is 0.319 e. The maximum absolute atomic E-state index is 13.7. The normalized spacial score (nSPS) is 11.8. The average Bonchev–Trinajstić information content (AvgIpc) is 3.12. The number of para-hydroxylation sites is 1. The topological polar surface area (TPSA) is 71.8 Å². The molecule has 3 rings (SSSR count). The number of carbonyl (C=O) groups excluding carboxylic acids is 1. The number of nitrogens with zero attached hydrogens (tertiary/aromatic N) is 3. The van der Waals surface area contributed by atoms with Gasteiger partial charge in [0.05, 0.1) is 25.0 Å². The zero-order valence-electron chi connectivity index (χ0n) is 13.1. The number of anilines is 1. The Morgan fingerprint density at radius 3 is 2.28 bits per heavy atom. The molecule has 6 nitrogen and oxygen atoms in total. The first-order valence-corrected chi connectivity index (χ1v) is 7.54. The lowest BCUT2D eigenvalue weighted by Crippen LogP contribution is -2.35. The van der Waals surface area contributed by atoms with Gasteiger partial charge in [0, 0.05) is 0 Å². The van der Waals surface area contributed by atoms with Crippen molar-refractivity contribution in [2.24, 2.45) is 0 Å². The molecular formula is C17H15F2N5O. The molecule has 2 aromatic carbocycles. The number of amides is 2. The standard InChI is InChI=1S/C17H15F2N5O/c18-13-7-4-8-14(19)16(13)23-17(25)22-15(11-24-20-9-10-21-24)12-5-2-1-3-6-12/h1-10,15H,11H2,(H2,22,23,25). The molecule has 0 fully saturated rings. The van der Waals surface area contributed by atoms with Crippen molar-refractivity contribution in [3.63, 3.8) is 0 Å². The second-order valence-electron chi connectivity index (χ2n) is 5.24. The van der Waals surface area contributed by atoms with Crippen LogP contribution in [-0.4, -0.2) is 21.0 Å². The highest BCUT2D eigenvalue weighted by atomic mass is 19.1. The number of hydrogen-bond acceptors (Lipinski definition) is 3. The Bertz CT molecular complexity index is 819. The Balaban J connectivity index is 1.76. The fourth-order valence-electron chi connectivity index (χ4n) is 2.35. The summed E-state index contributed by atoms with van der Waals surface area (Å²) >= 11 is 0. The number of hydrogen-bond donors (Lipinski definition) is 2. The van der Waals surface area contributed by atoms with E-state index in [1.54, 1.807) is 0 Å². The van der Waals surface area contributed by atoms with E-state index in [0.717, 1.165) is 17.7 Å². The van der Waals surface area contributed by atoms with Crippen LogP contribution in [0.5, 0.6) is 0 Å². The SMILES string of the molecule is O=C(Nc1c(F)cccc1F)NC(Cn1nccn1)c1ccccc1. The third kappa shape index (κ3) is 4.17. The minimum atomic E-state index is -0.847. The van der Waals surface area contributed by atoms with Gasteiger partial charge in [-0.25, -0.2) is 13.6 Å². The van der Waals surface area contributed by atoms with Crippen molar-refractivity contribution in [3.05, 3.63) is 78.1 Å². The van der Waals surface area contributed by atoms with Gasteiger partial charge in [0.25, 0.3) is 0 Å². The van der Waals surface area contributed by atoms with E-state index >= 15 is 0 Å². The Hall–Kier alpha value is -3.29. The van der Waals surface area contributed by atoms with E-state index in [0.29, 0.717) is 0 Å². The summed E-state index contributed by atoms with van der Waals surface area (Å²) in [6.07, 6.45) is 3.05. The van der Waals surface area contributed by atoms with Crippen molar-refractivity contribution in [1.82, 2.24) is 20.3 Å². The molecule has 0 radical (unpaired) electrons. The van der Waals surface area contributed by atoms with Gasteiger partial charge in [-0.15, -0.1) is 0 Å². The number of benzene rings is 2. The lowest BCUT2D eigenvalue weighted by molar-refractivity contribution is 0.245. The lowest BCUT2D eigenvalue weighted by atomic mass is 10.1. The van der Waals surface area contributed by atoms with Gasteiger partial charge in [-0.05, 0) is 17.7 Å². The second-order valence-corrected chi connectivity index (χ2v) is 5.24. The zero-order valence-corrected chi connectivity index (χ0v) is 13.1. The average molecular weight is 343 g/mol. The Morgan fingerprint density at radius 1 is 1.00 bits per heavy atom. The maximum atomic E-state index is 13.7. The molecule has 8 heteroatoms. The third-order valence-electron chi connectivity index (χ3n) is 3.52. The molecule has 0 saturated heterocycles. The lowest BCUT2D eigenvalue weighted by Gasteiger charge is -2.19. The molecule has 0 saturated carbocycles. The predicted molar refractivity (Wildman–Crippen MR) is 87.7 cm³/mol. The van der Waals surface area contributed by atoms with Crippen molar-refractivity contribution in [3.8, 4) is 0 Å². The molecule has 1 atom stereocenters. The summed E-state index contributed by atoms with van der Waals surface area (Å²) in [5, 5.41) is 12.9. The number of carbonyl (C=O) groups is 1. The molecule has 0 aliphatic heterocycles. The van der Waals surface area contributed by atoms with Crippen LogP contribution in [0.4, 0.5) is 19.3 Å². The van der Waals surface area contributed by atoms with Gasteiger partial charge in [0.2, 0.25) is 0 Å². The quantitative estimate of drug-likeness (QED) is 0.748. The Labute approximate surface area is 142 Å². The first kappa shape index (κ1) is 16.6. The highest BCUT2D eigenvalue weighted by Crippen LogP contribution is 2.19. The monoisotopic (exact) mass is 343 g/mol. The molecular weight excluding hydrogens is 328 g/mol. The largest absolute Gasteiger partial charge is 0.329 e. The second kappa shape index (κ2) is 7.52. The molecule has 25 heavy (non-hydrogen) atoms. The summed E-state index contributed by atoms with van der Waals surface area (Å²) in [5.74, 6) is -1.69. The van der Waals surface area contributed by atoms with Crippen molar-refractivity contribution in [2.75, 3.05) is 5.32 Å². The van der Waals surface area contributed by atoms with E-state index in [4.69, 9.17) is 0 Å². The summed E-state index contributed by atoms with van der Waals surface area (Å²) in [6, 6.07) is 11.3. The molecule has 1 aromatic heterocycles. The predicted octanol–water partition coefficient (Wildman–Crippen LogP) is 3.12. The van der Waals surface area contributed by atoms with Crippen molar-refractivity contribution < 1.29 is 13.6 Å². The number of nitrogens with one attached hydrogen (secondary N) is 2. The number of halogens is 2. The molecule has 3 aromatic rings. The van der Waals surface area contributed by atoms with E-state index in [-0.39, 0.29) is 6.54 Å². The molecule has 2 amide bonds. The minimum Gasteiger partial charge on any atom is -0.329 e. The van der Waals surface area contributed by atoms with Gasteiger partial charge in [-0.3, -0.25) is 0 Å². The molecule has 2 N–H and O–H groups in total. The molecule has 1 heterocycles. The van der Waals surface area contributed by atoms with E-state index in [1.807, 2.05) is 30.3 Å². The molecule has 0 aliphatic carbocycles. The number of rotatable bonds is 5. The van der Waals surface area contributed by atoms with Gasteiger partial charge >= 0.3 is 6.03 Å². The van der Waals surface area contributed by atoms with Gasteiger partial charge in [0.15, 0.2) is 0 Å². The van der Waals surface area contributed by atoms with Crippen LogP contribution in [0.1, 0.15) is 11.6 Å². The van der Waals surface area contributed by atoms with E-state index < -0.39 is 29.4 Å². The molecule has 0 bridgehead atoms. The summed E-state index contributed by atoms with van der Waals surface area (Å²) in [5.41, 5.74) is 0.313. The first-order valence-electron chi connectivity index (χ1n) is 7.54. The molecule has 0 spiro atoms. The van der Waals surface area contributed by atoms with E-state index in [9.17, 15) is 13.6 Å². The van der Waals surface area contributed by atoms with Crippen LogP contribution in [0.3, 0.4) is 0 Å². The van der Waals surface area contributed by atoms with Gasteiger partial charge in [0.1, 0.15) is 17.3 Å². The zero-order chi connectivity index (χ0) is 17.6. The minimum absolute atomic E-state index is 0.268. The fraction of sp³-hybridized carbons (Fsp3) is 0.118. The molecule has 128 valence electrons. The Morgan fingerprint density at radius 2 is 1.64 bits per heavy atom. The van der Waals surface area contributed by atoms with Crippen LogP contribution >= 0.6 is 0 Å². The summed E-state index contributed by atoms with van der Waals surface area (Å²) in [6.45, 7) is 0.268. The fourth-order valence-corrected chi connectivity index (χ4v) is 2.35. The van der Waals surface area contributed by atoms with Gasteiger partial charge < -0.3 is 10.6 Å².